The van der Waals surface area contributed by atoms with E-state index in [1.165, 1.54) is 116 Å². The summed E-state index contributed by atoms with van der Waals surface area (Å²) in [6.45, 7) is 53.9. The summed E-state index contributed by atoms with van der Waals surface area (Å²) in [7, 11) is 0. The van der Waals surface area contributed by atoms with Crippen LogP contribution < -0.4 is 0 Å². The normalized spacial score (nSPS) is 15.9. The molecule has 0 spiro atoms. The molecule has 0 nitrogen and oxygen atoms in total. The zero-order valence-corrected chi connectivity index (χ0v) is 44.0. The van der Waals surface area contributed by atoms with Crippen LogP contribution in [0.25, 0.3) is 0 Å². The molecule has 1 heteroatoms. The topological polar surface area (TPSA) is 0 Å². The minimum absolute atomic E-state index is 0.472. The Balaban J connectivity index is 7.83. The van der Waals surface area contributed by atoms with E-state index in [9.17, 15) is 0 Å². The average molecular weight is 812 g/mol. The molecule has 0 heterocycles. The van der Waals surface area contributed by atoms with E-state index in [0.717, 1.165) is 35.5 Å². The van der Waals surface area contributed by atoms with Crippen LogP contribution in [0, 0.1) is 68.0 Å². The van der Waals surface area contributed by atoms with E-state index in [-0.39, 0.29) is 0 Å². The van der Waals surface area contributed by atoms with Crippen LogP contribution in [0.4, 0.5) is 0 Å². The third kappa shape index (κ3) is 13.5. The molecule has 0 aromatic rings. The SMILES string of the molecule is CCC(CC)(CC(C(C)C)C(CC)(CC)CC)[CH2][Cr]([CH2]C(CC)(CC)CC(C(C)C)C(CC)(CC)CC)[CH2]C(CC)(CC)CC(C(C)C)C(CC)(CC)CC. The third-order valence-corrected chi connectivity index (χ3v) is 23.9. The predicted molar refractivity (Wildman–Crippen MR) is 252 cm³/mol. The van der Waals surface area contributed by atoms with E-state index in [1.54, 1.807) is 15.8 Å². The molecule has 0 aromatic carbocycles. The van der Waals surface area contributed by atoms with Crippen molar-refractivity contribution in [1.82, 2.24) is 0 Å². The zero-order valence-electron chi connectivity index (χ0n) is 42.7. The molecule has 0 bridgehead atoms. The molecule has 0 aliphatic heterocycles. The Hall–Kier alpha value is 0.532. The first-order valence-electron chi connectivity index (χ1n) is 25.5. The van der Waals surface area contributed by atoms with Gasteiger partial charge in [-0.1, -0.05) is 0 Å². The van der Waals surface area contributed by atoms with Crippen molar-refractivity contribution in [1.29, 1.82) is 0 Å². The van der Waals surface area contributed by atoms with Crippen molar-refractivity contribution >= 4 is 0 Å². The van der Waals surface area contributed by atoms with Gasteiger partial charge in [-0.15, -0.1) is 0 Å². The quantitative estimate of drug-likeness (QED) is 0.0619. The maximum absolute atomic E-state index is 2.62. The average Bonchev–Trinajstić information content (AvgIpc) is 3.20. The summed E-state index contributed by atoms with van der Waals surface area (Å²) in [5.41, 5.74) is 2.86. The molecule has 0 radical (unpaired) electrons. The second-order valence-corrected chi connectivity index (χ2v) is 24.4. The standard InChI is InChI=1S/3C18H37.Cr/c3*1-9-17(8,10-2)14-16(15(6)7)18(11-3,12-4)13-5;/h3*15-16H,8-14H2,1-7H3;. The van der Waals surface area contributed by atoms with Crippen LogP contribution in [-0.2, 0) is 14.1 Å². The summed E-state index contributed by atoms with van der Waals surface area (Å²) < 4.78 is 0. The Morgan fingerprint density at radius 2 is 0.436 bits per heavy atom. The van der Waals surface area contributed by atoms with Crippen molar-refractivity contribution in [3.8, 4) is 0 Å². The molecule has 333 valence electrons. The molecular formula is C54H111Cr. The van der Waals surface area contributed by atoms with E-state index in [2.05, 4.69) is 145 Å². The molecule has 0 aliphatic carbocycles. The van der Waals surface area contributed by atoms with Gasteiger partial charge in [0.15, 0.2) is 0 Å². The van der Waals surface area contributed by atoms with E-state index in [1.807, 2.05) is 0 Å². The van der Waals surface area contributed by atoms with E-state index < -0.39 is 14.1 Å². The number of rotatable bonds is 33. The van der Waals surface area contributed by atoms with E-state index >= 15 is 0 Å². The molecule has 3 unspecified atom stereocenters. The van der Waals surface area contributed by atoms with Gasteiger partial charge in [0.25, 0.3) is 0 Å². The summed E-state index contributed by atoms with van der Waals surface area (Å²) in [4.78, 5) is 0. The molecule has 55 heavy (non-hydrogen) atoms. The van der Waals surface area contributed by atoms with Gasteiger partial charge in [-0.05, 0) is 0 Å². The fourth-order valence-electron chi connectivity index (χ4n) is 13.3. The Kier molecular flexibility index (Phi) is 25.6. The molecule has 0 saturated carbocycles. The van der Waals surface area contributed by atoms with Crippen LogP contribution in [0.1, 0.15) is 261 Å². The fraction of sp³-hybridized carbons (Fsp3) is 1.00. The van der Waals surface area contributed by atoms with Crippen LogP contribution in [0.15, 0.2) is 0 Å². The first-order chi connectivity index (χ1) is 25.8. The summed E-state index contributed by atoms with van der Waals surface area (Å²) in [6, 6.07) is 0. The summed E-state index contributed by atoms with van der Waals surface area (Å²) in [5, 5.41) is 4.71. The Labute approximate surface area is 357 Å². The zero-order chi connectivity index (χ0) is 42.9. The first-order valence-corrected chi connectivity index (χ1v) is 28.2. The van der Waals surface area contributed by atoms with Gasteiger partial charge in [0.05, 0.1) is 0 Å². The minimum atomic E-state index is -1.03. The molecule has 0 fully saturated rings. The van der Waals surface area contributed by atoms with Crippen LogP contribution in [0.2, 0.25) is 15.8 Å². The van der Waals surface area contributed by atoms with Crippen LogP contribution in [-0.4, -0.2) is 0 Å². The van der Waals surface area contributed by atoms with Gasteiger partial charge in [0.1, 0.15) is 0 Å². The summed E-state index contributed by atoms with van der Waals surface area (Å²) in [6.07, 6.45) is 24.6. The summed E-state index contributed by atoms with van der Waals surface area (Å²) in [5.74, 6) is 4.70. The van der Waals surface area contributed by atoms with Crippen molar-refractivity contribution in [2.45, 2.75) is 277 Å². The Bertz CT molecular complexity index is 797. The fourth-order valence-corrected chi connectivity index (χ4v) is 20.3. The van der Waals surface area contributed by atoms with Gasteiger partial charge in [0.2, 0.25) is 0 Å². The monoisotopic (exact) mass is 812 g/mol. The second kappa shape index (κ2) is 25.3. The third-order valence-electron chi connectivity index (χ3n) is 19.1. The predicted octanol–water partition coefficient (Wildman–Crippen LogP) is 19.9. The summed E-state index contributed by atoms with van der Waals surface area (Å²) >= 11 is -1.03. The molecular weight excluding hydrogens is 701 g/mol. The first kappa shape index (κ1) is 55.5. The van der Waals surface area contributed by atoms with Gasteiger partial charge < -0.3 is 0 Å². The molecule has 0 rings (SSSR count). The van der Waals surface area contributed by atoms with Gasteiger partial charge in [-0.2, -0.15) is 0 Å². The van der Waals surface area contributed by atoms with Crippen molar-refractivity contribution in [2.75, 3.05) is 0 Å². The maximum atomic E-state index is 2.62. The van der Waals surface area contributed by atoms with Crippen molar-refractivity contribution < 1.29 is 14.1 Å². The van der Waals surface area contributed by atoms with E-state index in [0.29, 0.717) is 32.5 Å². The van der Waals surface area contributed by atoms with Crippen LogP contribution in [0.5, 0.6) is 0 Å². The van der Waals surface area contributed by atoms with E-state index in [4.69, 9.17) is 0 Å². The van der Waals surface area contributed by atoms with Crippen molar-refractivity contribution in [2.24, 2.45) is 68.0 Å². The van der Waals surface area contributed by atoms with Crippen LogP contribution in [0.3, 0.4) is 0 Å². The van der Waals surface area contributed by atoms with Gasteiger partial charge in [-0.3, -0.25) is 0 Å². The Morgan fingerprint density at radius 1 is 0.273 bits per heavy atom. The van der Waals surface area contributed by atoms with Gasteiger partial charge in [-0.25, -0.2) is 0 Å². The van der Waals surface area contributed by atoms with Crippen molar-refractivity contribution in [3.05, 3.63) is 0 Å². The van der Waals surface area contributed by atoms with Gasteiger partial charge >= 0.3 is 359 Å². The van der Waals surface area contributed by atoms with Gasteiger partial charge in [0, 0.05) is 0 Å². The molecule has 0 amide bonds. The molecule has 3 atom stereocenters. The number of hydrogen-bond donors (Lipinski definition) is 0. The molecule has 0 aromatic heterocycles. The second-order valence-electron chi connectivity index (χ2n) is 21.1. The van der Waals surface area contributed by atoms with Crippen molar-refractivity contribution in [3.63, 3.8) is 0 Å². The Morgan fingerprint density at radius 3 is 0.545 bits per heavy atom. The van der Waals surface area contributed by atoms with Crippen LogP contribution >= 0.6 is 0 Å². The number of hydrogen-bond acceptors (Lipinski definition) is 0. The molecule has 0 aliphatic rings. The molecule has 0 N–H and O–H groups in total. The molecule has 0 saturated heterocycles.